The maximum Gasteiger partial charge on any atom is 0.243 e. The number of hydrogen-bond acceptors (Lipinski definition) is 3. The van der Waals surface area contributed by atoms with Gasteiger partial charge in [-0.25, -0.2) is 4.39 Å². The smallest absolute Gasteiger partial charge is 0.243 e. The highest BCUT2D eigenvalue weighted by Gasteiger charge is 2.30. The normalized spacial score (nSPS) is 21.6. The van der Waals surface area contributed by atoms with Gasteiger partial charge < -0.3 is 9.47 Å². The fraction of sp³-hybridized carbons (Fsp3) is 0.391. The summed E-state index contributed by atoms with van der Waals surface area (Å²) in [6.07, 6.45) is 7.44. The molecule has 1 aliphatic heterocycles. The summed E-state index contributed by atoms with van der Waals surface area (Å²) in [5.41, 5.74) is 1.49. The van der Waals surface area contributed by atoms with Gasteiger partial charge in [0.25, 0.3) is 0 Å². The van der Waals surface area contributed by atoms with Crippen molar-refractivity contribution in [2.75, 3.05) is 13.1 Å². The molecule has 1 N–H and O–H groups in total. The minimum absolute atomic E-state index is 0.0153. The average Bonchev–Trinajstić information content (AvgIpc) is 3.34. The van der Waals surface area contributed by atoms with Gasteiger partial charge in [0.05, 0.1) is 11.2 Å². The molecule has 1 aliphatic carbocycles. The van der Waals surface area contributed by atoms with E-state index in [9.17, 15) is 14.0 Å². The van der Waals surface area contributed by atoms with Crippen molar-refractivity contribution in [2.45, 2.75) is 38.9 Å². The van der Waals surface area contributed by atoms with E-state index in [-0.39, 0.29) is 41.2 Å². The largest absolute Gasteiger partial charge is 0.337 e. The Morgan fingerprint density at radius 2 is 2.10 bits per heavy atom. The van der Waals surface area contributed by atoms with Gasteiger partial charge in [-0.2, -0.15) is 0 Å². The van der Waals surface area contributed by atoms with Gasteiger partial charge in [-0.3, -0.25) is 14.9 Å². The van der Waals surface area contributed by atoms with Crippen LogP contribution in [0.15, 0.2) is 53.5 Å². The Bertz CT molecular complexity index is 1040. The van der Waals surface area contributed by atoms with E-state index >= 15 is 0 Å². The summed E-state index contributed by atoms with van der Waals surface area (Å²) in [6, 6.07) is 7.62. The number of carbonyl (C=O) groups is 2. The quantitative estimate of drug-likeness (QED) is 0.693. The summed E-state index contributed by atoms with van der Waals surface area (Å²) in [4.78, 5) is 26.9. The molecule has 1 saturated heterocycles. The van der Waals surface area contributed by atoms with Gasteiger partial charge in [-0.05, 0) is 38.3 Å². The van der Waals surface area contributed by atoms with E-state index < -0.39 is 0 Å². The highest BCUT2D eigenvalue weighted by molar-refractivity contribution is 6.31. The summed E-state index contributed by atoms with van der Waals surface area (Å²) in [7, 11) is 0. The molecule has 1 amide bonds. The molecule has 0 spiro atoms. The van der Waals surface area contributed by atoms with Crippen LogP contribution in [0.5, 0.6) is 0 Å². The minimum Gasteiger partial charge on any atom is -0.337 e. The third-order valence-electron chi connectivity index (χ3n) is 5.92. The van der Waals surface area contributed by atoms with Gasteiger partial charge >= 0.3 is 0 Å². The number of nitrogens with zero attached hydrogens (tertiary/aromatic N) is 2. The first-order valence-corrected chi connectivity index (χ1v) is 10.7. The number of hydrogen-bond donors (Lipinski definition) is 1. The zero-order valence-electron chi connectivity index (χ0n) is 16.9. The third kappa shape index (κ3) is 4.07. The number of rotatable bonds is 6. The second-order valence-corrected chi connectivity index (χ2v) is 8.34. The zero-order chi connectivity index (χ0) is 21.3. The number of carbonyl (C=O) groups excluding carboxylic acids is 2. The van der Waals surface area contributed by atoms with Crippen LogP contribution in [0.4, 0.5) is 4.39 Å². The first kappa shape index (κ1) is 20.8. The zero-order valence-corrected chi connectivity index (χ0v) is 17.7. The number of aromatic nitrogens is 1. The topological polar surface area (TPSA) is 54.3 Å². The molecule has 158 valence electrons. The lowest BCUT2D eigenvalue weighted by Crippen LogP contribution is -2.47. The molecule has 2 heterocycles. The first-order valence-electron chi connectivity index (χ1n) is 10.3. The number of Topliss-reactive ketones (excluding diaryl/α,β-unsaturated/α-hetero) is 1. The Balaban J connectivity index is 1.45. The fourth-order valence-corrected chi connectivity index (χ4v) is 4.58. The number of amides is 1. The highest BCUT2D eigenvalue weighted by Crippen LogP contribution is 2.29. The number of fused-ring (bicyclic) bond motifs is 1. The minimum atomic E-state index is -0.299. The van der Waals surface area contributed by atoms with Gasteiger partial charge in [0.2, 0.25) is 5.91 Å². The van der Waals surface area contributed by atoms with E-state index in [1.807, 2.05) is 39.8 Å². The number of likely N-dealkylation sites (tertiary alicyclic amines) is 1. The van der Waals surface area contributed by atoms with E-state index in [1.165, 1.54) is 6.92 Å². The summed E-state index contributed by atoms with van der Waals surface area (Å²) in [6.45, 7) is 2.80. The summed E-state index contributed by atoms with van der Waals surface area (Å²) < 4.78 is 16.1. The van der Waals surface area contributed by atoms with Crippen LogP contribution in [0.2, 0.25) is 0 Å². The van der Waals surface area contributed by atoms with Crippen molar-refractivity contribution in [3.63, 3.8) is 0 Å². The lowest BCUT2D eigenvalue weighted by Gasteiger charge is -2.28. The summed E-state index contributed by atoms with van der Waals surface area (Å²) in [5, 5.41) is 4.37. The highest BCUT2D eigenvalue weighted by atomic mass is 35.5. The Morgan fingerprint density at radius 3 is 2.90 bits per heavy atom. The Kier molecular flexibility index (Phi) is 6.06. The van der Waals surface area contributed by atoms with E-state index in [0.717, 1.165) is 23.7 Å². The van der Waals surface area contributed by atoms with Crippen molar-refractivity contribution in [1.29, 1.82) is 0 Å². The van der Waals surface area contributed by atoms with Gasteiger partial charge in [0, 0.05) is 41.7 Å². The average molecular weight is 430 g/mol. The van der Waals surface area contributed by atoms with Crippen molar-refractivity contribution in [1.82, 2.24) is 14.8 Å². The monoisotopic (exact) mass is 429 g/mol. The molecule has 2 unspecified atom stereocenters. The van der Waals surface area contributed by atoms with Gasteiger partial charge in [0.1, 0.15) is 12.4 Å². The van der Waals surface area contributed by atoms with Gasteiger partial charge in [0.15, 0.2) is 5.78 Å². The molecule has 2 aliphatic rings. The van der Waals surface area contributed by atoms with Crippen LogP contribution in [0.3, 0.4) is 0 Å². The van der Waals surface area contributed by atoms with Crippen LogP contribution in [-0.2, 0) is 11.3 Å². The van der Waals surface area contributed by atoms with E-state index in [1.54, 1.807) is 12.3 Å². The predicted molar refractivity (Wildman–Crippen MR) is 116 cm³/mol. The van der Waals surface area contributed by atoms with Crippen LogP contribution >= 0.6 is 11.6 Å². The molecule has 2 atom stereocenters. The Hall–Kier alpha value is -2.44. The van der Waals surface area contributed by atoms with Gasteiger partial charge in [-0.15, -0.1) is 0 Å². The molecule has 30 heavy (non-hydrogen) atoms. The van der Waals surface area contributed by atoms with Crippen LogP contribution in [0, 0.1) is 5.92 Å². The number of allylic oxidation sites excluding steroid dienone is 3. The van der Waals surface area contributed by atoms with Crippen molar-refractivity contribution in [2.24, 2.45) is 5.92 Å². The molecule has 1 aromatic carbocycles. The summed E-state index contributed by atoms with van der Waals surface area (Å²) >= 11 is 5.90. The molecule has 1 aromatic heterocycles. The predicted octanol–water partition coefficient (Wildman–Crippen LogP) is 4.38. The van der Waals surface area contributed by atoms with E-state index in [4.69, 9.17) is 11.6 Å². The third-order valence-corrected chi connectivity index (χ3v) is 6.22. The molecular formula is C23H25ClFN3O2. The van der Waals surface area contributed by atoms with Crippen LogP contribution in [-0.4, -0.2) is 40.4 Å². The SMILES string of the molecule is CC(=O)c1cn(CC(=O)N2CCCC2NCC2CC=CC(Cl)=C2F)c2ccccc12. The standard InChI is InChI=1S/C23H25ClFN3O2/c1-15(29)18-13-27(20-9-3-2-7-17(18)20)14-22(30)28-11-5-10-21(28)26-12-16-6-4-8-19(24)23(16)25/h2-4,7-9,13,16,21,26H,5-6,10-12,14H2,1H3. The number of halogens is 2. The van der Waals surface area contributed by atoms with Gasteiger partial charge in [-0.1, -0.05) is 35.9 Å². The lowest BCUT2D eigenvalue weighted by molar-refractivity contribution is -0.133. The lowest BCUT2D eigenvalue weighted by atomic mass is 9.99. The van der Waals surface area contributed by atoms with Crippen molar-refractivity contribution in [3.05, 3.63) is 59.0 Å². The maximum absolute atomic E-state index is 14.2. The molecule has 7 heteroatoms. The molecular weight excluding hydrogens is 405 g/mol. The second kappa shape index (κ2) is 8.74. The molecule has 5 nitrogen and oxygen atoms in total. The van der Waals surface area contributed by atoms with Crippen LogP contribution in [0.25, 0.3) is 10.9 Å². The second-order valence-electron chi connectivity index (χ2n) is 7.93. The fourth-order valence-electron chi connectivity index (χ4n) is 4.34. The number of ketones is 1. The molecule has 1 fully saturated rings. The molecule has 2 aromatic rings. The number of nitrogens with one attached hydrogen (secondary N) is 1. The van der Waals surface area contributed by atoms with Crippen LogP contribution < -0.4 is 5.32 Å². The number of para-hydroxylation sites is 1. The molecule has 0 saturated carbocycles. The maximum atomic E-state index is 14.2. The number of benzene rings is 1. The summed E-state index contributed by atoms with van der Waals surface area (Å²) in [5.74, 6) is -0.628. The van der Waals surface area contributed by atoms with Crippen molar-refractivity contribution >= 4 is 34.2 Å². The molecule has 0 bridgehead atoms. The Labute approximate surface area is 180 Å². The van der Waals surface area contributed by atoms with Crippen molar-refractivity contribution < 1.29 is 14.0 Å². The molecule has 4 rings (SSSR count). The first-order chi connectivity index (χ1) is 14.5. The Morgan fingerprint density at radius 1 is 1.30 bits per heavy atom. The van der Waals surface area contributed by atoms with Crippen LogP contribution in [0.1, 0.15) is 36.5 Å². The molecule has 0 radical (unpaired) electrons. The van der Waals surface area contributed by atoms with Crippen molar-refractivity contribution in [3.8, 4) is 0 Å². The van der Waals surface area contributed by atoms with E-state index in [2.05, 4.69) is 5.32 Å². The van der Waals surface area contributed by atoms with E-state index in [0.29, 0.717) is 25.1 Å².